The molecular weight excluding hydrogens is 138 g/mol. The fourth-order valence-corrected chi connectivity index (χ4v) is 1.70. The Labute approximate surface area is 69.5 Å². The topological polar surface area (TPSA) is 12.5 Å². The van der Waals surface area contributed by atoms with Crippen molar-refractivity contribution in [1.82, 2.24) is 4.90 Å². The molecule has 0 amide bonds. The molecule has 0 saturated carbocycles. The van der Waals surface area contributed by atoms with Crippen LogP contribution in [0.2, 0.25) is 0 Å². The minimum Gasteiger partial charge on any atom is -0.378 e. The molecule has 11 heavy (non-hydrogen) atoms. The molecule has 1 heterocycles. The lowest BCUT2D eigenvalue weighted by molar-refractivity contribution is -0.0231. The van der Waals surface area contributed by atoms with E-state index in [4.69, 9.17) is 4.74 Å². The molecule has 0 aliphatic carbocycles. The van der Waals surface area contributed by atoms with E-state index in [0.29, 0.717) is 12.1 Å². The molecular formula is C9H19NO. The van der Waals surface area contributed by atoms with Gasteiger partial charge >= 0.3 is 0 Å². The maximum absolute atomic E-state index is 5.41. The van der Waals surface area contributed by atoms with Crippen molar-refractivity contribution in [2.45, 2.75) is 39.3 Å². The summed E-state index contributed by atoms with van der Waals surface area (Å²) < 4.78 is 5.41. The van der Waals surface area contributed by atoms with Crippen molar-refractivity contribution in [3.05, 3.63) is 0 Å². The first-order valence-electron chi connectivity index (χ1n) is 4.59. The molecule has 0 N–H and O–H groups in total. The Hall–Kier alpha value is -0.0800. The highest BCUT2D eigenvalue weighted by Gasteiger charge is 2.22. The van der Waals surface area contributed by atoms with E-state index >= 15 is 0 Å². The van der Waals surface area contributed by atoms with Crippen LogP contribution in [0.1, 0.15) is 27.2 Å². The standard InChI is InChI=1S/C9H19NO/c1-4-9-7-11-6-5-10(9)8(2)3/h8-9H,4-7H2,1-3H3/t9-/m0/s1. The van der Waals surface area contributed by atoms with Gasteiger partial charge in [0, 0.05) is 18.6 Å². The maximum Gasteiger partial charge on any atom is 0.0622 e. The van der Waals surface area contributed by atoms with Crippen LogP contribution in [0.5, 0.6) is 0 Å². The fourth-order valence-electron chi connectivity index (χ4n) is 1.70. The van der Waals surface area contributed by atoms with E-state index in [2.05, 4.69) is 25.7 Å². The molecule has 0 radical (unpaired) electrons. The summed E-state index contributed by atoms with van der Waals surface area (Å²) in [6.07, 6.45) is 1.21. The first-order valence-corrected chi connectivity index (χ1v) is 4.59. The highest BCUT2D eigenvalue weighted by atomic mass is 16.5. The van der Waals surface area contributed by atoms with Crippen LogP contribution in [0.25, 0.3) is 0 Å². The summed E-state index contributed by atoms with van der Waals surface area (Å²) in [5.41, 5.74) is 0. The lowest BCUT2D eigenvalue weighted by Crippen LogP contribution is -2.48. The minimum atomic E-state index is 0.656. The van der Waals surface area contributed by atoms with Crippen LogP contribution < -0.4 is 0 Å². The van der Waals surface area contributed by atoms with Gasteiger partial charge in [0.05, 0.1) is 13.2 Å². The minimum absolute atomic E-state index is 0.656. The molecule has 1 rings (SSSR count). The Morgan fingerprint density at radius 3 is 2.73 bits per heavy atom. The highest BCUT2D eigenvalue weighted by molar-refractivity contribution is 4.76. The maximum atomic E-state index is 5.41. The number of nitrogens with zero attached hydrogens (tertiary/aromatic N) is 1. The molecule has 2 heteroatoms. The molecule has 0 aromatic heterocycles. The second kappa shape index (κ2) is 4.07. The van der Waals surface area contributed by atoms with Gasteiger partial charge in [0.2, 0.25) is 0 Å². The van der Waals surface area contributed by atoms with E-state index in [0.717, 1.165) is 19.8 Å². The van der Waals surface area contributed by atoms with Crippen LogP contribution in [-0.4, -0.2) is 36.7 Å². The number of morpholine rings is 1. The molecule has 1 saturated heterocycles. The normalized spacial score (nSPS) is 27.8. The Morgan fingerprint density at radius 1 is 1.55 bits per heavy atom. The average molecular weight is 157 g/mol. The summed E-state index contributed by atoms with van der Waals surface area (Å²) in [4.78, 5) is 2.53. The number of ether oxygens (including phenoxy) is 1. The summed E-state index contributed by atoms with van der Waals surface area (Å²) in [6, 6.07) is 1.33. The summed E-state index contributed by atoms with van der Waals surface area (Å²) in [5.74, 6) is 0. The Kier molecular flexibility index (Phi) is 3.34. The summed E-state index contributed by atoms with van der Waals surface area (Å²) in [5, 5.41) is 0. The summed E-state index contributed by atoms with van der Waals surface area (Å²) in [7, 11) is 0. The molecule has 2 nitrogen and oxygen atoms in total. The fraction of sp³-hybridized carbons (Fsp3) is 1.00. The van der Waals surface area contributed by atoms with Gasteiger partial charge in [0.15, 0.2) is 0 Å². The zero-order valence-corrected chi connectivity index (χ0v) is 7.84. The lowest BCUT2D eigenvalue weighted by Gasteiger charge is -2.37. The SMILES string of the molecule is CC[C@H]1COCCN1C(C)C. The molecule has 0 unspecified atom stereocenters. The van der Waals surface area contributed by atoms with Crippen molar-refractivity contribution >= 4 is 0 Å². The number of rotatable bonds is 2. The predicted molar refractivity (Wildman–Crippen MR) is 46.7 cm³/mol. The second-order valence-electron chi connectivity index (χ2n) is 3.47. The highest BCUT2D eigenvalue weighted by Crippen LogP contribution is 2.12. The van der Waals surface area contributed by atoms with Crippen LogP contribution in [0.4, 0.5) is 0 Å². The van der Waals surface area contributed by atoms with Crippen LogP contribution in [0, 0.1) is 0 Å². The molecule has 0 bridgehead atoms. The van der Waals surface area contributed by atoms with Crippen molar-refractivity contribution < 1.29 is 4.74 Å². The molecule has 1 atom stereocenters. The Bertz CT molecular complexity index is 114. The monoisotopic (exact) mass is 157 g/mol. The summed E-state index contributed by atoms with van der Waals surface area (Å²) in [6.45, 7) is 9.69. The van der Waals surface area contributed by atoms with E-state index in [-0.39, 0.29) is 0 Å². The van der Waals surface area contributed by atoms with Crippen LogP contribution >= 0.6 is 0 Å². The van der Waals surface area contributed by atoms with Crippen LogP contribution in [-0.2, 0) is 4.74 Å². The van der Waals surface area contributed by atoms with Crippen molar-refractivity contribution in [2.75, 3.05) is 19.8 Å². The zero-order valence-electron chi connectivity index (χ0n) is 7.84. The molecule has 66 valence electrons. The van der Waals surface area contributed by atoms with Crippen molar-refractivity contribution in [3.8, 4) is 0 Å². The van der Waals surface area contributed by atoms with E-state index in [1.54, 1.807) is 0 Å². The first kappa shape index (κ1) is 9.01. The van der Waals surface area contributed by atoms with E-state index in [1.165, 1.54) is 6.42 Å². The first-order chi connectivity index (χ1) is 5.25. The second-order valence-corrected chi connectivity index (χ2v) is 3.47. The van der Waals surface area contributed by atoms with Gasteiger partial charge in [-0.3, -0.25) is 4.90 Å². The largest absolute Gasteiger partial charge is 0.378 e. The van der Waals surface area contributed by atoms with Gasteiger partial charge in [-0.2, -0.15) is 0 Å². The summed E-state index contributed by atoms with van der Waals surface area (Å²) >= 11 is 0. The third-order valence-electron chi connectivity index (χ3n) is 2.41. The number of hydrogen-bond acceptors (Lipinski definition) is 2. The van der Waals surface area contributed by atoms with Crippen LogP contribution in [0.3, 0.4) is 0 Å². The van der Waals surface area contributed by atoms with Crippen LogP contribution in [0.15, 0.2) is 0 Å². The Morgan fingerprint density at radius 2 is 2.27 bits per heavy atom. The molecule has 1 fully saturated rings. The molecule has 0 aromatic rings. The van der Waals surface area contributed by atoms with E-state index in [1.807, 2.05) is 0 Å². The quantitative estimate of drug-likeness (QED) is 0.602. The van der Waals surface area contributed by atoms with Gasteiger partial charge in [-0.25, -0.2) is 0 Å². The number of hydrogen-bond donors (Lipinski definition) is 0. The molecule has 1 aliphatic heterocycles. The average Bonchev–Trinajstić information content (AvgIpc) is 2.04. The van der Waals surface area contributed by atoms with Crippen molar-refractivity contribution in [3.63, 3.8) is 0 Å². The van der Waals surface area contributed by atoms with Crippen molar-refractivity contribution in [1.29, 1.82) is 0 Å². The van der Waals surface area contributed by atoms with Gasteiger partial charge in [0.25, 0.3) is 0 Å². The zero-order chi connectivity index (χ0) is 8.27. The van der Waals surface area contributed by atoms with E-state index < -0.39 is 0 Å². The Balaban J connectivity index is 2.44. The van der Waals surface area contributed by atoms with E-state index in [9.17, 15) is 0 Å². The van der Waals surface area contributed by atoms with Gasteiger partial charge < -0.3 is 4.74 Å². The molecule has 0 aromatic carbocycles. The van der Waals surface area contributed by atoms with Gasteiger partial charge in [-0.1, -0.05) is 6.92 Å². The van der Waals surface area contributed by atoms with Crippen molar-refractivity contribution in [2.24, 2.45) is 0 Å². The van der Waals surface area contributed by atoms with Gasteiger partial charge in [-0.05, 0) is 20.3 Å². The van der Waals surface area contributed by atoms with Gasteiger partial charge in [0.1, 0.15) is 0 Å². The third-order valence-corrected chi connectivity index (χ3v) is 2.41. The molecule has 0 spiro atoms. The lowest BCUT2D eigenvalue weighted by atomic mass is 10.1. The smallest absolute Gasteiger partial charge is 0.0622 e. The predicted octanol–water partition coefficient (Wildman–Crippen LogP) is 1.51. The van der Waals surface area contributed by atoms with Gasteiger partial charge in [-0.15, -0.1) is 0 Å². The third kappa shape index (κ3) is 2.17. The molecule has 1 aliphatic rings.